The van der Waals surface area contributed by atoms with Crippen molar-refractivity contribution in [3.8, 4) is 17.1 Å². The van der Waals surface area contributed by atoms with Crippen molar-refractivity contribution >= 4 is 21.7 Å². The minimum Gasteiger partial charge on any atom is -0.497 e. The lowest BCUT2D eigenvalue weighted by atomic mass is 10.2. The summed E-state index contributed by atoms with van der Waals surface area (Å²) in [6, 6.07) is 12.6. The van der Waals surface area contributed by atoms with Crippen molar-refractivity contribution in [3.05, 3.63) is 75.1 Å². The van der Waals surface area contributed by atoms with Crippen LogP contribution in [0.5, 0.6) is 5.75 Å². The molecular weight excluding hydrogens is 352 g/mol. The van der Waals surface area contributed by atoms with Crippen LogP contribution in [-0.4, -0.2) is 26.0 Å². The average Bonchev–Trinajstić information content (AvgIpc) is 3.10. The highest BCUT2D eigenvalue weighted by molar-refractivity contribution is 7.13. The second kappa shape index (κ2) is 6.57. The second-order valence-electron chi connectivity index (χ2n) is 5.62. The Morgan fingerprint density at radius 1 is 1.15 bits per heavy atom. The number of hydrogen-bond donors (Lipinski definition) is 1. The van der Waals surface area contributed by atoms with Crippen LogP contribution >= 0.6 is 11.5 Å². The third-order valence-electron chi connectivity index (χ3n) is 4.02. The number of fused-ring (bicyclic) bond motifs is 1. The topological polar surface area (TPSA) is 89.9 Å². The quantitative estimate of drug-likeness (QED) is 0.598. The fourth-order valence-electron chi connectivity index (χ4n) is 2.68. The number of H-pyrrole nitrogens is 1. The first-order valence-corrected chi connectivity index (χ1v) is 8.61. The monoisotopic (exact) mass is 366 g/mol. The van der Waals surface area contributed by atoms with E-state index in [1.54, 1.807) is 37.6 Å². The van der Waals surface area contributed by atoms with E-state index in [0.717, 1.165) is 17.1 Å². The van der Waals surface area contributed by atoms with Crippen LogP contribution < -0.4 is 16.0 Å². The predicted molar refractivity (Wildman–Crippen MR) is 99.8 cm³/mol. The largest absolute Gasteiger partial charge is 0.497 e. The Morgan fingerprint density at radius 3 is 2.65 bits per heavy atom. The van der Waals surface area contributed by atoms with Crippen LogP contribution in [0.1, 0.15) is 5.56 Å². The SMILES string of the molecule is COc1ccc(Cn2c(=O)[nH]c3c(-c4ccccn4)nsc3c2=O)cc1. The number of pyridine rings is 1. The van der Waals surface area contributed by atoms with Gasteiger partial charge in [-0.25, -0.2) is 4.79 Å². The van der Waals surface area contributed by atoms with Crippen molar-refractivity contribution in [3.63, 3.8) is 0 Å². The van der Waals surface area contributed by atoms with E-state index in [2.05, 4.69) is 14.3 Å². The van der Waals surface area contributed by atoms with Gasteiger partial charge in [0.25, 0.3) is 5.56 Å². The number of benzene rings is 1. The van der Waals surface area contributed by atoms with Gasteiger partial charge in [-0.1, -0.05) is 18.2 Å². The van der Waals surface area contributed by atoms with Gasteiger partial charge in [0.15, 0.2) is 0 Å². The van der Waals surface area contributed by atoms with Crippen LogP contribution in [0.3, 0.4) is 0 Å². The summed E-state index contributed by atoms with van der Waals surface area (Å²) in [5.41, 5.74) is 1.54. The summed E-state index contributed by atoms with van der Waals surface area (Å²) in [4.78, 5) is 32.3. The number of nitrogens with zero attached hydrogens (tertiary/aromatic N) is 3. The second-order valence-corrected chi connectivity index (χ2v) is 6.39. The van der Waals surface area contributed by atoms with Gasteiger partial charge < -0.3 is 9.72 Å². The van der Waals surface area contributed by atoms with Crippen molar-refractivity contribution in [2.24, 2.45) is 0 Å². The maximum Gasteiger partial charge on any atom is 0.329 e. The van der Waals surface area contributed by atoms with Gasteiger partial charge in [0.2, 0.25) is 0 Å². The number of aromatic amines is 1. The van der Waals surface area contributed by atoms with E-state index in [9.17, 15) is 9.59 Å². The molecule has 0 spiro atoms. The molecule has 1 N–H and O–H groups in total. The molecular formula is C18H14N4O3S. The Morgan fingerprint density at radius 2 is 1.96 bits per heavy atom. The molecule has 7 nitrogen and oxygen atoms in total. The molecule has 0 aliphatic carbocycles. The van der Waals surface area contributed by atoms with Crippen molar-refractivity contribution in [1.82, 2.24) is 18.9 Å². The highest BCUT2D eigenvalue weighted by atomic mass is 32.1. The summed E-state index contributed by atoms with van der Waals surface area (Å²) in [6.07, 6.45) is 1.64. The minimum absolute atomic E-state index is 0.172. The fourth-order valence-corrected chi connectivity index (χ4v) is 3.47. The van der Waals surface area contributed by atoms with Crippen molar-refractivity contribution in [2.45, 2.75) is 6.54 Å². The number of aromatic nitrogens is 4. The number of hydrogen-bond acceptors (Lipinski definition) is 6. The number of ether oxygens (including phenoxy) is 1. The van der Waals surface area contributed by atoms with E-state index in [1.165, 1.54) is 4.57 Å². The molecule has 4 rings (SSSR count). The molecule has 0 fully saturated rings. The Kier molecular flexibility index (Phi) is 4.10. The molecule has 4 aromatic rings. The van der Waals surface area contributed by atoms with Crippen molar-refractivity contribution < 1.29 is 4.74 Å². The van der Waals surface area contributed by atoms with E-state index >= 15 is 0 Å². The first kappa shape index (κ1) is 16.2. The zero-order chi connectivity index (χ0) is 18.1. The number of nitrogens with one attached hydrogen (secondary N) is 1. The summed E-state index contributed by atoms with van der Waals surface area (Å²) in [5, 5.41) is 0. The molecule has 0 bridgehead atoms. The molecule has 0 saturated carbocycles. The van der Waals surface area contributed by atoms with Crippen LogP contribution in [0.2, 0.25) is 0 Å². The highest BCUT2D eigenvalue weighted by Crippen LogP contribution is 2.24. The molecule has 130 valence electrons. The van der Waals surface area contributed by atoms with E-state index in [1.807, 2.05) is 18.2 Å². The molecule has 0 aliphatic rings. The molecule has 3 heterocycles. The molecule has 1 aromatic carbocycles. The molecule has 0 amide bonds. The van der Waals surface area contributed by atoms with E-state index < -0.39 is 5.69 Å². The summed E-state index contributed by atoms with van der Waals surface area (Å²) in [5.74, 6) is 0.716. The van der Waals surface area contributed by atoms with Crippen LogP contribution in [0, 0.1) is 0 Å². The molecule has 0 aliphatic heterocycles. The van der Waals surface area contributed by atoms with Gasteiger partial charge in [0.05, 0.1) is 24.9 Å². The van der Waals surface area contributed by atoms with E-state index in [0.29, 0.717) is 27.4 Å². The van der Waals surface area contributed by atoms with Gasteiger partial charge in [-0.05, 0) is 41.4 Å². The minimum atomic E-state index is -0.476. The van der Waals surface area contributed by atoms with E-state index in [4.69, 9.17) is 4.74 Å². The van der Waals surface area contributed by atoms with Crippen LogP contribution in [0.4, 0.5) is 0 Å². The first-order valence-electron chi connectivity index (χ1n) is 7.84. The zero-order valence-corrected chi connectivity index (χ0v) is 14.6. The van der Waals surface area contributed by atoms with Gasteiger partial charge >= 0.3 is 5.69 Å². The normalized spacial score (nSPS) is 11.0. The third kappa shape index (κ3) is 2.80. The van der Waals surface area contributed by atoms with Crippen LogP contribution in [-0.2, 0) is 6.54 Å². The van der Waals surface area contributed by atoms with Gasteiger partial charge in [-0.2, -0.15) is 4.37 Å². The van der Waals surface area contributed by atoms with E-state index in [-0.39, 0.29) is 12.1 Å². The van der Waals surface area contributed by atoms with Gasteiger partial charge in [-0.3, -0.25) is 14.3 Å². The maximum atomic E-state index is 12.8. The molecule has 0 unspecified atom stereocenters. The lowest BCUT2D eigenvalue weighted by Crippen LogP contribution is -2.34. The van der Waals surface area contributed by atoms with Crippen molar-refractivity contribution in [2.75, 3.05) is 7.11 Å². The molecule has 0 radical (unpaired) electrons. The van der Waals surface area contributed by atoms with Gasteiger partial charge in [0.1, 0.15) is 16.1 Å². The van der Waals surface area contributed by atoms with Crippen LogP contribution in [0.25, 0.3) is 21.6 Å². The molecule has 8 heteroatoms. The van der Waals surface area contributed by atoms with Gasteiger partial charge in [-0.15, -0.1) is 0 Å². The highest BCUT2D eigenvalue weighted by Gasteiger charge is 2.16. The Labute approximate surface area is 151 Å². The maximum absolute atomic E-state index is 12.8. The fraction of sp³-hybridized carbons (Fsp3) is 0.111. The predicted octanol–water partition coefficient (Wildman–Crippen LogP) is 2.27. The Hall–Kier alpha value is -3.26. The first-order chi connectivity index (χ1) is 12.7. The summed E-state index contributed by atoms with van der Waals surface area (Å²) in [6.45, 7) is 0.172. The number of methoxy groups -OCH3 is 1. The Balaban J connectivity index is 1.80. The summed E-state index contributed by atoms with van der Waals surface area (Å²) < 4.78 is 11.0. The molecule has 3 aromatic heterocycles. The summed E-state index contributed by atoms with van der Waals surface area (Å²) in [7, 11) is 1.58. The Bertz CT molecular complexity index is 1180. The molecule has 26 heavy (non-hydrogen) atoms. The molecule has 0 atom stereocenters. The van der Waals surface area contributed by atoms with Crippen LogP contribution in [0.15, 0.2) is 58.3 Å². The smallest absolute Gasteiger partial charge is 0.329 e. The zero-order valence-electron chi connectivity index (χ0n) is 13.8. The summed E-state index contributed by atoms with van der Waals surface area (Å²) >= 11 is 1.06. The van der Waals surface area contributed by atoms with Gasteiger partial charge in [0, 0.05) is 6.20 Å². The lowest BCUT2D eigenvalue weighted by molar-refractivity contribution is 0.414. The average molecular weight is 366 g/mol. The standard InChI is InChI=1S/C18H14N4O3S/c1-25-12-7-5-11(6-8-12)10-22-17(23)16-15(20-18(22)24)14(21-26-16)13-4-2-3-9-19-13/h2-9H,10H2,1H3,(H,20,24). The number of rotatable bonds is 4. The van der Waals surface area contributed by atoms with Crippen molar-refractivity contribution in [1.29, 1.82) is 0 Å². The lowest BCUT2D eigenvalue weighted by Gasteiger charge is -2.06. The third-order valence-corrected chi connectivity index (χ3v) is 4.85. The molecule has 0 saturated heterocycles.